The van der Waals surface area contributed by atoms with E-state index in [9.17, 15) is 48.6 Å². The Kier molecular flexibility index (Phi) is 14.6. The van der Waals surface area contributed by atoms with Crippen molar-refractivity contribution in [2.24, 2.45) is 23.2 Å². The molecule has 3 aromatic rings. The molecule has 6 rings (SSSR count). The summed E-state index contributed by atoms with van der Waals surface area (Å²) in [5, 5.41) is 27.9. The Bertz CT molecular complexity index is 2390. The van der Waals surface area contributed by atoms with Crippen LogP contribution < -0.4 is 0 Å². The first kappa shape index (κ1) is 49.7. The van der Waals surface area contributed by atoms with Gasteiger partial charge in [0.15, 0.2) is 30.0 Å². The summed E-state index contributed by atoms with van der Waals surface area (Å²) in [7, 11) is 0. The molecule has 2 fully saturated rings. The molecule has 2 aromatic carbocycles. The zero-order valence-corrected chi connectivity index (χ0v) is 38.1. The molecule has 0 amide bonds. The van der Waals surface area contributed by atoms with E-state index in [2.05, 4.69) is 4.98 Å². The summed E-state index contributed by atoms with van der Waals surface area (Å²) in [5.41, 5.74) is -9.70. The fourth-order valence-corrected chi connectivity index (χ4v) is 9.73. The lowest BCUT2D eigenvalue weighted by atomic mass is 9.43. The summed E-state index contributed by atoms with van der Waals surface area (Å²) < 4.78 is 48.3. The molecule has 1 aromatic heterocycles. The second-order valence-electron chi connectivity index (χ2n) is 17.3. The highest BCUT2D eigenvalue weighted by Gasteiger charge is 2.86. The number of ether oxygens (including phenoxy) is 8. The number of aliphatic hydroxyl groups is 2. The van der Waals surface area contributed by atoms with Gasteiger partial charge in [-0.15, -0.1) is 0 Å². The van der Waals surface area contributed by atoms with Gasteiger partial charge in [-0.2, -0.15) is 0 Å². The van der Waals surface area contributed by atoms with Crippen molar-refractivity contribution in [2.45, 2.75) is 109 Å². The van der Waals surface area contributed by atoms with E-state index in [1.165, 1.54) is 80.7 Å². The van der Waals surface area contributed by atoms with Crippen LogP contribution in [0, 0.1) is 23.2 Å². The summed E-state index contributed by atoms with van der Waals surface area (Å²) in [6, 6.07) is 17.5. The predicted octanol–water partition coefficient (Wildman–Crippen LogP) is 3.46. The Hall–Kier alpha value is -6.73. The SMILES string of the molecule is CC(=O)OCC12C(OC(C)=O)C(OC(C)=O)C3C(C)COC(=O)c4cccnc4C(C)C(C)C(=O)OC(C(OC(C)=O)C1OC(=O)c1ccccc1)C(C)(O)C2(O)C3OC(=O)c1ccccc1. The number of nitrogens with zero attached hydrogens (tertiary/aromatic N) is 1. The van der Waals surface area contributed by atoms with E-state index in [0.29, 0.717) is 0 Å². The van der Waals surface area contributed by atoms with Crippen molar-refractivity contribution in [3.8, 4) is 0 Å². The van der Waals surface area contributed by atoms with E-state index in [4.69, 9.17) is 37.9 Å². The molecule has 13 unspecified atom stereocenters. The van der Waals surface area contributed by atoms with Gasteiger partial charge in [0, 0.05) is 51.6 Å². The minimum Gasteiger partial charge on any atom is -0.465 e. The van der Waals surface area contributed by atoms with Gasteiger partial charge in [0.1, 0.15) is 29.8 Å². The van der Waals surface area contributed by atoms with Crippen molar-refractivity contribution in [1.82, 2.24) is 4.98 Å². The van der Waals surface area contributed by atoms with Crippen molar-refractivity contribution in [2.75, 3.05) is 13.2 Å². The molecule has 67 heavy (non-hydrogen) atoms. The number of pyridine rings is 1. The van der Waals surface area contributed by atoms with Crippen LogP contribution in [0.25, 0.3) is 0 Å². The first-order valence-corrected chi connectivity index (χ1v) is 21.5. The van der Waals surface area contributed by atoms with E-state index in [0.717, 1.165) is 34.6 Å². The highest BCUT2D eigenvalue weighted by molar-refractivity contribution is 5.92. The van der Waals surface area contributed by atoms with Crippen molar-refractivity contribution < 1.29 is 86.5 Å². The Morgan fingerprint density at radius 2 is 1.19 bits per heavy atom. The number of benzene rings is 2. The molecule has 2 N–H and O–H groups in total. The fourth-order valence-electron chi connectivity index (χ4n) is 9.73. The van der Waals surface area contributed by atoms with Crippen LogP contribution in [0.2, 0.25) is 0 Å². The van der Waals surface area contributed by atoms with Gasteiger partial charge in [0.25, 0.3) is 0 Å². The third kappa shape index (κ3) is 9.21. The minimum absolute atomic E-state index is 0.0582. The molecule has 3 aliphatic rings. The van der Waals surface area contributed by atoms with Crippen molar-refractivity contribution >= 4 is 47.8 Å². The van der Waals surface area contributed by atoms with Crippen molar-refractivity contribution in [1.29, 1.82) is 0 Å². The summed E-state index contributed by atoms with van der Waals surface area (Å²) in [4.78, 5) is 116. The van der Waals surface area contributed by atoms with Gasteiger partial charge in [-0.05, 0) is 43.3 Å². The van der Waals surface area contributed by atoms with Gasteiger partial charge >= 0.3 is 47.8 Å². The normalized spacial score (nSPS) is 32.6. The van der Waals surface area contributed by atoms with Crippen molar-refractivity contribution in [3.63, 3.8) is 0 Å². The van der Waals surface area contributed by atoms with Crippen LogP contribution in [0.5, 0.6) is 0 Å². The quantitative estimate of drug-likeness (QED) is 0.230. The minimum atomic E-state index is -3.40. The van der Waals surface area contributed by atoms with Gasteiger partial charge in [0.2, 0.25) is 0 Å². The van der Waals surface area contributed by atoms with Crippen LogP contribution in [0.3, 0.4) is 0 Å². The van der Waals surface area contributed by atoms with Crippen molar-refractivity contribution in [3.05, 3.63) is 101 Å². The summed E-state index contributed by atoms with van der Waals surface area (Å²) in [6.07, 6.45) is -12.0. The summed E-state index contributed by atoms with van der Waals surface area (Å²) >= 11 is 0. The molecule has 3 bridgehead atoms. The van der Waals surface area contributed by atoms with E-state index >= 15 is 0 Å². The Balaban J connectivity index is 1.80. The first-order valence-electron chi connectivity index (χ1n) is 21.5. The second kappa shape index (κ2) is 19.6. The number of aromatic nitrogens is 1. The molecular formula is C48H53NO18. The average molecular weight is 932 g/mol. The molecule has 358 valence electrons. The Morgan fingerprint density at radius 1 is 0.672 bits per heavy atom. The van der Waals surface area contributed by atoms with Gasteiger partial charge in [-0.1, -0.05) is 57.2 Å². The standard InChI is InChI=1S/C48H53NO18/c1-24-22-60-45(57)33-20-15-21-49-35(33)25(2)26(3)42(54)66-39-37(63-29(6)52)41(67-44(56)32-18-13-10-14-19-32)47(23-61-27(4)50)40(64-30(7)53)36(62-28(5)51)34(24)38(48(47,59)46(39,8)58)65-43(55)31-16-11-9-12-17-31/h9-21,24-26,34,36-41,58-59H,22-23H2,1-8H3. The lowest BCUT2D eigenvalue weighted by Gasteiger charge is -2.69. The maximum absolute atomic E-state index is 14.7. The summed E-state index contributed by atoms with van der Waals surface area (Å²) in [5.74, 6) is -13.9. The van der Waals surface area contributed by atoms with E-state index in [1.54, 1.807) is 19.1 Å². The molecule has 0 radical (unpaired) electrons. The predicted molar refractivity (Wildman–Crippen MR) is 227 cm³/mol. The van der Waals surface area contributed by atoms with Crippen LogP contribution in [0.4, 0.5) is 0 Å². The van der Waals surface area contributed by atoms with Gasteiger partial charge in [-0.25, -0.2) is 14.4 Å². The first-order chi connectivity index (χ1) is 31.6. The number of hydrogen-bond donors (Lipinski definition) is 2. The number of cyclic esters (lactones) is 1. The molecule has 2 saturated carbocycles. The second-order valence-corrected chi connectivity index (χ2v) is 17.3. The molecule has 0 saturated heterocycles. The zero-order chi connectivity index (χ0) is 49.2. The van der Waals surface area contributed by atoms with E-state index in [-0.39, 0.29) is 22.4 Å². The largest absolute Gasteiger partial charge is 0.465 e. The third-order valence-electron chi connectivity index (χ3n) is 13.0. The van der Waals surface area contributed by atoms with Crippen LogP contribution in [0.15, 0.2) is 79.0 Å². The van der Waals surface area contributed by atoms with E-state index in [1.807, 2.05) is 0 Å². The Labute approximate surface area is 385 Å². The zero-order valence-electron chi connectivity index (χ0n) is 38.1. The maximum atomic E-state index is 14.7. The molecule has 13 atom stereocenters. The lowest BCUT2D eigenvalue weighted by Crippen LogP contribution is -2.91. The van der Waals surface area contributed by atoms with Gasteiger partial charge in [0.05, 0.1) is 34.9 Å². The number of esters is 8. The lowest BCUT2D eigenvalue weighted by molar-refractivity contribution is -0.402. The average Bonchev–Trinajstić information content (AvgIpc) is 3.28. The molecule has 1 aliphatic heterocycles. The summed E-state index contributed by atoms with van der Waals surface area (Å²) in [6.45, 7) is 7.38. The van der Waals surface area contributed by atoms with Crippen LogP contribution in [-0.2, 0) is 61.9 Å². The number of fused-ring (bicyclic) bond motifs is 3. The highest BCUT2D eigenvalue weighted by atomic mass is 16.6. The molecule has 19 heteroatoms. The highest BCUT2D eigenvalue weighted by Crippen LogP contribution is 2.63. The third-order valence-corrected chi connectivity index (χ3v) is 13.0. The van der Waals surface area contributed by atoms with Crippen LogP contribution >= 0.6 is 0 Å². The number of hydrogen-bond acceptors (Lipinski definition) is 19. The maximum Gasteiger partial charge on any atom is 0.340 e. The fraction of sp³-hybridized carbons (Fsp3) is 0.479. The van der Waals surface area contributed by atoms with Crippen LogP contribution in [0.1, 0.15) is 98.1 Å². The molecule has 0 spiro atoms. The molecular weight excluding hydrogens is 879 g/mol. The van der Waals surface area contributed by atoms with Crippen LogP contribution in [-0.4, -0.2) is 124 Å². The number of rotatable bonds is 9. The Morgan fingerprint density at radius 3 is 1.73 bits per heavy atom. The van der Waals surface area contributed by atoms with E-state index < -0.39 is 138 Å². The van der Waals surface area contributed by atoms with Gasteiger partial charge < -0.3 is 48.1 Å². The molecule has 19 nitrogen and oxygen atoms in total. The molecule has 2 aliphatic carbocycles. The molecule has 2 heterocycles. The van der Waals surface area contributed by atoms with Gasteiger partial charge in [-0.3, -0.25) is 29.0 Å². The number of carbonyl (C=O) groups is 8. The number of carbonyl (C=O) groups excluding carboxylic acids is 8. The monoisotopic (exact) mass is 931 g/mol. The topological polar surface area (TPSA) is 264 Å². The smallest absolute Gasteiger partial charge is 0.340 e.